The highest BCUT2D eigenvalue weighted by Gasteiger charge is 2.52. The van der Waals surface area contributed by atoms with E-state index in [1.165, 1.54) is 55.3 Å². The Bertz CT molecular complexity index is 909. The van der Waals surface area contributed by atoms with E-state index in [9.17, 15) is 0 Å². The van der Waals surface area contributed by atoms with Crippen LogP contribution < -0.4 is 0 Å². The van der Waals surface area contributed by atoms with Crippen molar-refractivity contribution in [3.05, 3.63) is 36.2 Å². The van der Waals surface area contributed by atoms with Gasteiger partial charge in [0.25, 0.3) is 0 Å². The first-order valence-corrected chi connectivity index (χ1v) is 9.72. The zero-order chi connectivity index (χ0) is 15.9. The SMILES string of the molecule is CCn1c2ccccc2n2cc(C34CC5CC(CC(C5)C3)C4)nc12. The minimum absolute atomic E-state index is 0.389. The Morgan fingerprint density at radius 3 is 2.25 bits per heavy atom. The molecule has 4 aliphatic carbocycles. The molecule has 3 heteroatoms. The Morgan fingerprint density at radius 2 is 1.62 bits per heavy atom. The first kappa shape index (κ1) is 13.5. The number of para-hydroxylation sites is 2. The summed E-state index contributed by atoms with van der Waals surface area (Å²) in [7, 11) is 0. The molecule has 4 bridgehead atoms. The van der Waals surface area contributed by atoms with Crippen molar-refractivity contribution in [3.8, 4) is 0 Å². The molecule has 2 aromatic heterocycles. The summed E-state index contributed by atoms with van der Waals surface area (Å²) >= 11 is 0. The third-order valence-electron chi connectivity index (χ3n) is 7.26. The molecule has 7 rings (SSSR count). The van der Waals surface area contributed by atoms with Crippen LogP contribution in [0.3, 0.4) is 0 Å². The van der Waals surface area contributed by atoms with Crippen LogP contribution in [0.2, 0.25) is 0 Å². The Balaban J connectivity index is 1.56. The van der Waals surface area contributed by atoms with Crippen molar-refractivity contribution in [2.24, 2.45) is 17.8 Å². The molecule has 4 aliphatic rings. The molecule has 0 atom stereocenters. The van der Waals surface area contributed by atoms with Crippen molar-refractivity contribution in [2.45, 2.75) is 57.4 Å². The Labute approximate surface area is 142 Å². The molecule has 4 fully saturated rings. The van der Waals surface area contributed by atoms with Crippen LogP contribution in [0.5, 0.6) is 0 Å². The van der Waals surface area contributed by atoms with Crippen molar-refractivity contribution in [1.82, 2.24) is 14.0 Å². The summed E-state index contributed by atoms with van der Waals surface area (Å²) in [4.78, 5) is 5.24. The van der Waals surface area contributed by atoms with E-state index in [4.69, 9.17) is 4.98 Å². The van der Waals surface area contributed by atoms with Crippen LogP contribution in [0.25, 0.3) is 16.8 Å². The Hall–Kier alpha value is -1.77. The predicted molar refractivity (Wildman–Crippen MR) is 96.2 cm³/mol. The molecule has 124 valence electrons. The van der Waals surface area contributed by atoms with Gasteiger partial charge in [-0.3, -0.25) is 4.40 Å². The van der Waals surface area contributed by atoms with E-state index in [1.807, 2.05) is 0 Å². The smallest absolute Gasteiger partial charge is 0.215 e. The van der Waals surface area contributed by atoms with Crippen molar-refractivity contribution in [3.63, 3.8) is 0 Å². The predicted octanol–water partition coefficient (Wildman–Crippen LogP) is 4.78. The molecule has 0 spiro atoms. The molecule has 3 nitrogen and oxygen atoms in total. The van der Waals surface area contributed by atoms with Crippen LogP contribution in [0.15, 0.2) is 30.5 Å². The molecule has 0 N–H and O–H groups in total. The fourth-order valence-corrected chi connectivity index (χ4v) is 6.73. The van der Waals surface area contributed by atoms with Gasteiger partial charge in [0.15, 0.2) is 0 Å². The van der Waals surface area contributed by atoms with E-state index in [0.717, 1.165) is 30.1 Å². The lowest BCUT2D eigenvalue weighted by atomic mass is 9.49. The van der Waals surface area contributed by atoms with E-state index in [-0.39, 0.29) is 0 Å². The van der Waals surface area contributed by atoms with E-state index >= 15 is 0 Å². The van der Waals surface area contributed by atoms with E-state index in [1.54, 1.807) is 0 Å². The number of nitrogens with zero attached hydrogens (tertiary/aromatic N) is 3. The molecule has 0 radical (unpaired) electrons. The quantitative estimate of drug-likeness (QED) is 0.666. The highest BCUT2D eigenvalue weighted by Crippen LogP contribution is 2.60. The first-order chi connectivity index (χ1) is 11.8. The van der Waals surface area contributed by atoms with E-state index in [2.05, 4.69) is 46.4 Å². The second-order valence-corrected chi connectivity index (χ2v) is 8.73. The summed E-state index contributed by atoms with van der Waals surface area (Å²) < 4.78 is 4.73. The van der Waals surface area contributed by atoms with Gasteiger partial charge in [0, 0.05) is 18.2 Å². The minimum Gasteiger partial charge on any atom is -0.310 e. The van der Waals surface area contributed by atoms with Crippen molar-refractivity contribution >= 4 is 16.8 Å². The molecular weight excluding hydrogens is 294 g/mol. The Morgan fingerprint density at radius 1 is 1.00 bits per heavy atom. The van der Waals surface area contributed by atoms with Gasteiger partial charge >= 0.3 is 0 Å². The van der Waals surface area contributed by atoms with Crippen LogP contribution in [0.4, 0.5) is 0 Å². The second-order valence-electron chi connectivity index (χ2n) is 8.73. The summed E-state index contributed by atoms with van der Waals surface area (Å²) in [6, 6.07) is 8.73. The molecule has 0 amide bonds. The van der Waals surface area contributed by atoms with E-state index < -0.39 is 0 Å². The zero-order valence-corrected chi connectivity index (χ0v) is 14.4. The second kappa shape index (κ2) is 4.44. The van der Waals surface area contributed by atoms with Gasteiger partial charge in [-0.15, -0.1) is 0 Å². The largest absolute Gasteiger partial charge is 0.310 e. The number of hydrogen-bond acceptors (Lipinski definition) is 1. The zero-order valence-electron chi connectivity index (χ0n) is 14.4. The van der Waals surface area contributed by atoms with Gasteiger partial charge in [-0.05, 0) is 75.3 Å². The first-order valence-electron chi connectivity index (χ1n) is 9.72. The average molecular weight is 319 g/mol. The normalized spacial score (nSPS) is 34.6. The molecule has 0 unspecified atom stereocenters. The van der Waals surface area contributed by atoms with Crippen LogP contribution >= 0.6 is 0 Å². The van der Waals surface area contributed by atoms with Crippen molar-refractivity contribution in [2.75, 3.05) is 0 Å². The maximum absolute atomic E-state index is 5.24. The molecule has 4 saturated carbocycles. The number of hydrogen-bond donors (Lipinski definition) is 0. The van der Waals surface area contributed by atoms with Gasteiger partial charge in [-0.1, -0.05) is 12.1 Å². The summed E-state index contributed by atoms with van der Waals surface area (Å²) in [5, 5.41) is 0. The van der Waals surface area contributed by atoms with Crippen molar-refractivity contribution in [1.29, 1.82) is 0 Å². The number of imidazole rings is 2. The van der Waals surface area contributed by atoms with E-state index in [0.29, 0.717) is 5.41 Å². The number of aryl methyl sites for hydroxylation is 1. The summed E-state index contributed by atoms with van der Waals surface area (Å²) in [5.74, 6) is 4.07. The Kier molecular flexibility index (Phi) is 2.50. The molecule has 1 aromatic carbocycles. The standard InChI is InChI=1S/C21H25N3/c1-2-23-17-5-3-4-6-18(17)24-13-19(22-20(23)24)21-10-14-7-15(11-21)9-16(8-14)12-21/h3-6,13-16H,2,7-12H2,1H3. The lowest BCUT2D eigenvalue weighted by Gasteiger charge is -2.56. The summed E-state index contributed by atoms with van der Waals surface area (Å²) in [6.07, 6.45) is 11.1. The van der Waals surface area contributed by atoms with Crippen LogP contribution in [-0.2, 0) is 12.0 Å². The molecule has 3 aromatic rings. The maximum atomic E-state index is 5.24. The minimum atomic E-state index is 0.389. The highest BCUT2D eigenvalue weighted by molar-refractivity contribution is 5.81. The number of aromatic nitrogens is 3. The maximum Gasteiger partial charge on any atom is 0.215 e. The highest BCUT2D eigenvalue weighted by atomic mass is 15.2. The fourth-order valence-electron chi connectivity index (χ4n) is 6.73. The third-order valence-corrected chi connectivity index (χ3v) is 7.26. The van der Waals surface area contributed by atoms with Gasteiger partial charge in [-0.25, -0.2) is 4.98 Å². The molecule has 24 heavy (non-hydrogen) atoms. The third kappa shape index (κ3) is 1.61. The molecule has 2 heterocycles. The summed E-state index contributed by atoms with van der Waals surface area (Å²) in [5.41, 5.74) is 4.39. The molecule has 0 aliphatic heterocycles. The molecular formula is C21H25N3. The lowest BCUT2D eigenvalue weighted by Crippen LogP contribution is -2.48. The monoisotopic (exact) mass is 319 g/mol. The van der Waals surface area contributed by atoms with Gasteiger partial charge in [0.2, 0.25) is 5.78 Å². The topological polar surface area (TPSA) is 22.2 Å². The van der Waals surface area contributed by atoms with Crippen LogP contribution in [0.1, 0.15) is 51.1 Å². The van der Waals surface area contributed by atoms with Crippen molar-refractivity contribution < 1.29 is 0 Å². The van der Waals surface area contributed by atoms with Crippen LogP contribution in [0, 0.1) is 17.8 Å². The molecule has 0 saturated heterocycles. The number of fused-ring (bicyclic) bond motifs is 3. The van der Waals surface area contributed by atoms with Gasteiger partial charge in [0.05, 0.1) is 16.7 Å². The van der Waals surface area contributed by atoms with Crippen LogP contribution in [-0.4, -0.2) is 14.0 Å². The average Bonchev–Trinajstić information content (AvgIpc) is 3.11. The van der Waals surface area contributed by atoms with Gasteiger partial charge in [0.1, 0.15) is 0 Å². The lowest BCUT2D eigenvalue weighted by molar-refractivity contribution is -0.00698. The van der Waals surface area contributed by atoms with Gasteiger partial charge in [-0.2, -0.15) is 0 Å². The summed E-state index contributed by atoms with van der Waals surface area (Å²) in [6.45, 7) is 3.21. The fraction of sp³-hybridized carbons (Fsp3) is 0.571. The number of benzene rings is 1. The number of rotatable bonds is 2. The van der Waals surface area contributed by atoms with Gasteiger partial charge < -0.3 is 4.57 Å².